The zero-order valence-electron chi connectivity index (χ0n) is 32.0. The van der Waals surface area contributed by atoms with E-state index in [4.69, 9.17) is 17.0 Å². The number of amides is 2. The molecular formula is C44H50BCl2N2O2Zr. The third kappa shape index (κ3) is 5.93. The van der Waals surface area contributed by atoms with Crippen LogP contribution in [0.5, 0.6) is 0 Å². The fourth-order valence-electron chi connectivity index (χ4n) is 9.05. The van der Waals surface area contributed by atoms with Crippen molar-refractivity contribution >= 4 is 46.5 Å². The molecule has 0 aliphatic heterocycles. The Labute approximate surface area is 318 Å². The number of hydrogen-bond donors (Lipinski definition) is 2. The molecule has 0 radical (unpaired) electrons. The Kier molecular flexibility index (Phi) is 10.6. The van der Waals surface area contributed by atoms with Crippen molar-refractivity contribution in [1.82, 2.24) is 10.5 Å². The van der Waals surface area contributed by atoms with Crippen molar-refractivity contribution in [2.24, 2.45) is 11.8 Å². The fraction of sp³-hybridized carbons (Fsp3) is 0.318. The molecule has 2 aliphatic rings. The summed E-state index contributed by atoms with van der Waals surface area (Å²) in [5.74, 6) is 0.169. The maximum absolute atomic E-state index is 12.5. The molecule has 0 saturated heterocycles. The van der Waals surface area contributed by atoms with Gasteiger partial charge in [-0.05, 0) is 0 Å². The van der Waals surface area contributed by atoms with Gasteiger partial charge in [-0.25, -0.2) is 0 Å². The third-order valence-corrected chi connectivity index (χ3v) is 32.2. The molecule has 0 saturated carbocycles. The van der Waals surface area contributed by atoms with E-state index in [2.05, 4.69) is 153 Å². The van der Waals surface area contributed by atoms with E-state index in [1.165, 1.54) is 44.5 Å². The molecule has 2 unspecified atom stereocenters. The first-order valence-electron chi connectivity index (χ1n) is 18.4. The van der Waals surface area contributed by atoms with Crippen LogP contribution in [0.4, 0.5) is 0 Å². The Morgan fingerprint density at radius 2 is 0.962 bits per heavy atom. The van der Waals surface area contributed by atoms with Crippen LogP contribution in [0.1, 0.15) is 90.6 Å². The molecule has 0 aromatic heterocycles. The van der Waals surface area contributed by atoms with Crippen molar-refractivity contribution in [2.75, 3.05) is 0 Å². The first-order chi connectivity index (χ1) is 24.6. The second-order valence-corrected chi connectivity index (χ2v) is 37.1. The predicted molar refractivity (Wildman–Crippen MR) is 219 cm³/mol. The summed E-state index contributed by atoms with van der Waals surface area (Å²) in [6.07, 6.45) is 5.86. The van der Waals surface area contributed by atoms with E-state index < -0.39 is 27.9 Å². The molecule has 0 heterocycles. The number of aryl methyl sites for hydroxylation is 2. The Balaban J connectivity index is 1.70. The third-order valence-electron chi connectivity index (χ3n) is 12.3. The molecule has 0 bridgehead atoms. The molecule has 0 fully saturated rings. The van der Waals surface area contributed by atoms with Gasteiger partial charge in [0.1, 0.15) is 0 Å². The van der Waals surface area contributed by atoms with Gasteiger partial charge in [-0.15, -0.1) is 0 Å². The van der Waals surface area contributed by atoms with E-state index in [-0.39, 0.29) is 11.8 Å². The molecule has 4 nitrogen and oxygen atoms in total. The van der Waals surface area contributed by atoms with Crippen LogP contribution in [0.3, 0.4) is 0 Å². The number of rotatable bonds is 11. The number of carbonyl (C=O) groups is 2. The van der Waals surface area contributed by atoms with Crippen molar-refractivity contribution in [2.45, 2.75) is 76.5 Å². The molecule has 4 aromatic rings. The zero-order chi connectivity index (χ0) is 37.9. The van der Waals surface area contributed by atoms with Crippen LogP contribution in [-0.2, 0) is 25.8 Å². The minimum absolute atomic E-state index is 0.0847. The monoisotopic (exact) mass is 809 g/mol. The van der Waals surface area contributed by atoms with Gasteiger partial charge in [0.25, 0.3) is 0 Å². The molecule has 52 heavy (non-hydrogen) atoms. The Morgan fingerprint density at radius 1 is 0.577 bits per heavy atom. The van der Waals surface area contributed by atoms with E-state index >= 15 is 0 Å². The van der Waals surface area contributed by atoms with Crippen molar-refractivity contribution in [3.63, 3.8) is 0 Å². The fourth-order valence-corrected chi connectivity index (χ4v) is 30.0. The molecule has 2 aliphatic carbocycles. The van der Waals surface area contributed by atoms with Gasteiger partial charge in [0.2, 0.25) is 0 Å². The molecule has 269 valence electrons. The van der Waals surface area contributed by atoms with Crippen molar-refractivity contribution in [3.05, 3.63) is 127 Å². The number of fused-ring (bicyclic) bond motifs is 2. The van der Waals surface area contributed by atoms with Crippen LogP contribution >= 0.6 is 17.0 Å². The second-order valence-electron chi connectivity index (χ2n) is 15.7. The summed E-state index contributed by atoms with van der Waals surface area (Å²) in [5, 5.41) is 5.98. The summed E-state index contributed by atoms with van der Waals surface area (Å²) in [6, 6.07) is 21.7. The quantitative estimate of drug-likeness (QED) is 0.117. The number of carbonyl (C=O) groups excluding carboxylic acids is 2. The number of hydrogen-bond acceptors (Lipinski definition) is 2. The van der Waals surface area contributed by atoms with Gasteiger partial charge in [-0.3, -0.25) is 0 Å². The number of benzene rings is 4. The normalized spacial score (nSPS) is 17.2. The average Bonchev–Trinajstić information content (AvgIpc) is 3.72. The minimum atomic E-state index is -5.90. The van der Waals surface area contributed by atoms with Gasteiger partial charge in [0.15, 0.2) is 0 Å². The van der Waals surface area contributed by atoms with Crippen LogP contribution in [0, 0.1) is 53.4 Å². The molecule has 2 N–H and O–H groups in total. The van der Waals surface area contributed by atoms with Crippen molar-refractivity contribution in [1.29, 1.82) is 0 Å². The van der Waals surface area contributed by atoms with Crippen LogP contribution < -0.4 is 10.5 Å². The summed E-state index contributed by atoms with van der Waals surface area (Å²) in [7, 11) is 17.3. The molecule has 4 aromatic carbocycles. The summed E-state index contributed by atoms with van der Waals surface area (Å²) in [6.45, 7) is 21.8. The summed E-state index contributed by atoms with van der Waals surface area (Å²) < 4.78 is -1.79. The standard InChI is InChI=1S/2C21H23.C2H3BN2O2.2ClH.Zr/c2*1-13(2)18-11-17-7-6-8-20(21(17)12-18)19-10-9-14(3)15(4)16(19)5;6-1-4-3-5-2-7;;;/h2*6-13H,1-5H3;1-2H,(H-,4,5,6,7);2*1H;/q;;;;;+1/p-1. The number of nitrogens with one attached hydrogen (secondary N) is 2. The number of allylic oxidation sites excluding steroid dienone is 2. The molecule has 6 rings (SSSR count). The molecule has 2 amide bonds. The van der Waals surface area contributed by atoms with Crippen molar-refractivity contribution in [3.8, 4) is 22.3 Å². The van der Waals surface area contributed by atoms with Gasteiger partial charge in [-0.2, -0.15) is 0 Å². The van der Waals surface area contributed by atoms with Crippen LogP contribution in [0.15, 0.2) is 71.8 Å². The SMILES string of the molecule is Cc1ccc(-c2cccc3c2C=C(C(C)C)[CH]3[Zr]([Cl])([Cl])([B](NC=O)NC=O)[CH]2C(C(C)C)=Cc3c(-c4ccc(C)c(C)c4C)cccc32)c(C)c1C. The van der Waals surface area contributed by atoms with Gasteiger partial charge >= 0.3 is 321 Å². The summed E-state index contributed by atoms with van der Waals surface area (Å²) in [4.78, 5) is 25.0. The van der Waals surface area contributed by atoms with Crippen LogP contribution in [-0.4, -0.2) is 17.3 Å². The Morgan fingerprint density at radius 3 is 1.31 bits per heavy atom. The summed E-state index contributed by atoms with van der Waals surface area (Å²) >= 11 is -5.90. The van der Waals surface area contributed by atoms with E-state index in [1.54, 1.807) is 0 Å². The zero-order valence-corrected chi connectivity index (χ0v) is 36.0. The van der Waals surface area contributed by atoms with Gasteiger partial charge in [-0.1, -0.05) is 0 Å². The van der Waals surface area contributed by atoms with E-state index in [0.717, 1.165) is 44.5 Å². The molecule has 8 heteroatoms. The average molecular weight is 812 g/mol. The molecule has 2 atom stereocenters. The van der Waals surface area contributed by atoms with Gasteiger partial charge in [0.05, 0.1) is 0 Å². The van der Waals surface area contributed by atoms with E-state index in [1.807, 2.05) is 0 Å². The Bertz CT molecular complexity index is 2040. The van der Waals surface area contributed by atoms with E-state index in [9.17, 15) is 9.59 Å². The maximum atomic E-state index is 12.5. The topological polar surface area (TPSA) is 58.2 Å². The predicted octanol–water partition coefficient (Wildman–Crippen LogP) is 11.2. The van der Waals surface area contributed by atoms with Gasteiger partial charge < -0.3 is 0 Å². The van der Waals surface area contributed by atoms with Crippen molar-refractivity contribution < 1.29 is 25.8 Å². The van der Waals surface area contributed by atoms with E-state index in [0.29, 0.717) is 12.8 Å². The first kappa shape index (κ1) is 38.5. The number of halogens is 2. The molecule has 0 spiro atoms. The second kappa shape index (κ2) is 14.2. The van der Waals surface area contributed by atoms with Crippen LogP contribution in [0.25, 0.3) is 34.4 Å². The summed E-state index contributed by atoms with van der Waals surface area (Å²) in [5.41, 5.74) is 18.7. The van der Waals surface area contributed by atoms with Crippen LogP contribution in [0.2, 0.25) is 0 Å². The first-order valence-corrected chi connectivity index (χ1v) is 29.0. The Hall–Kier alpha value is -3.17. The molecular weight excluding hydrogens is 761 g/mol. The van der Waals surface area contributed by atoms with Gasteiger partial charge in [0, 0.05) is 0 Å².